The van der Waals surface area contributed by atoms with Gasteiger partial charge < -0.3 is 14.6 Å². The summed E-state index contributed by atoms with van der Waals surface area (Å²) < 4.78 is 5.08. The molecular weight excluding hydrogens is 208 g/mol. The Hall–Kier alpha value is -1.29. The maximum absolute atomic E-state index is 10.2. The fourth-order valence-electron chi connectivity index (χ4n) is 1.59. The van der Waals surface area contributed by atoms with E-state index < -0.39 is 12.1 Å². The quantitative estimate of drug-likeness (QED) is 0.668. The topological polar surface area (TPSA) is 70.7 Å². The van der Waals surface area contributed by atoms with Crippen molar-refractivity contribution in [1.29, 1.82) is 0 Å². The summed E-state index contributed by atoms with van der Waals surface area (Å²) in [7, 11) is 0. The van der Waals surface area contributed by atoms with Crippen LogP contribution < -0.4 is 0 Å². The minimum Gasteiger partial charge on any atom is -0.481 e. The highest BCUT2D eigenvalue weighted by molar-refractivity contribution is 5.66. The van der Waals surface area contributed by atoms with Gasteiger partial charge >= 0.3 is 5.97 Å². The van der Waals surface area contributed by atoms with Gasteiger partial charge in [-0.05, 0) is 25.0 Å². The molecule has 0 aliphatic rings. The van der Waals surface area contributed by atoms with Gasteiger partial charge in [0, 0.05) is 6.42 Å². The first-order valence-corrected chi connectivity index (χ1v) is 5.63. The second-order valence-corrected chi connectivity index (χ2v) is 3.88. The van der Waals surface area contributed by atoms with E-state index in [1.165, 1.54) is 0 Å². The van der Waals surface area contributed by atoms with E-state index in [-0.39, 0.29) is 6.42 Å². The highest BCUT2D eigenvalue weighted by atomic mass is 16.4. The van der Waals surface area contributed by atoms with Gasteiger partial charge in [-0.3, -0.25) is 4.79 Å². The Morgan fingerprint density at radius 3 is 2.69 bits per heavy atom. The molecule has 90 valence electrons. The summed E-state index contributed by atoms with van der Waals surface area (Å²) in [6.45, 7) is 0. The third-order valence-electron chi connectivity index (χ3n) is 2.49. The van der Waals surface area contributed by atoms with Crippen molar-refractivity contribution in [3.63, 3.8) is 0 Å². The van der Waals surface area contributed by atoms with Crippen LogP contribution in [-0.4, -0.2) is 16.2 Å². The molecule has 4 nitrogen and oxygen atoms in total. The number of carboxylic acid groups (broad SMARTS) is 1. The van der Waals surface area contributed by atoms with Crippen LogP contribution in [0.3, 0.4) is 0 Å². The largest absolute Gasteiger partial charge is 0.481 e. The number of aliphatic hydroxyl groups excluding tert-OH is 1. The maximum Gasteiger partial charge on any atom is 0.303 e. The van der Waals surface area contributed by atoms with Crippen LogP contribution in [0.15, 0.2) is 22.8 Å². The Balaban J connectivity index is 2.01. The Kier molecular flexibility index (Phi) is 5.64. The van der Waals surface area contributed by atoms with E-state index in [0.29, 0.717) is 18.6 Å². The lowest BCUT2D eigenvalue weighted by atomic mass is 10.1. The molecule has 1 rings (SSSR count). The fourth-order valence-corrected chi connectivity index (χ4v) is 1.59. The van der Waals surface area contributed by atoms with Crippen LogP contribution in [0.2, 0.25) is 0 Å². The van der Waals surface area contributed by atoms with E-state index in [0.717, 1.165) is 19.3 Å². The highest BCUT2D eigenvalue weighted by Crippen LogP contribution is 2.20. The van der Waals surface area contributed by atoms with E-state index in [1.807, 2.05) is 0 Å². The lowest BCUT2D eigenvalue weighted by Crippen LogP contribution is -1.96. The standard InChI is InChI=1S/C12H18O4/c13-10(11-7-5-9-16-11)6-3-1-2-4-8-12(14)15/h5,7,9-10,13H,1-4,6,8H2,(H,14,15). The van der Waals surface area contributed by atoms with Crippen LogP contribution >= 0.6 is 0 Å². The first-order valence-electron chi connectivity index (χ1n) is 5.63. The Labute approximate surface area is 94.9 Å². The average Bonchev–Trinajstić information content (AvgIpc) is 2.75. The van der Waals surface area contributed by atoms with Crippen molar-refractivity contribution in [2.24, 2.45) is 0 Å². The molecular formula is C12H18O4. The number of unbranched alkanes of at least 4 members (excludes halogenated alkanes) is 3. The fraction of sp³-hybridized carbons (Fsp3) is 0.583. The van der Waals surface area contributed by atoms with Crippen LogP contribution in [0, 0.1) is 0 Å². The molecule has 1 unspecified atom stereocenters. The number of furan rings is 1. The van der Waals surface area contributed by atoms with Crippen LogP contribution in [0.25, 0.3) is 0 Å². The number of carboxylic acids is 1. The zero-order valence-electron chi connectivity index (χ0n) is 9.26. The molecule has 0 aliphatic heterocycles. The minimum atomic E-state index is -0.740. The molecule has 1 aromatic heterocycles. The zero-order chi connectivity index (χ0) is 11.8. The molecule has 0 bridgehead atoms. The Morgan fingerprint density at radius 2 is 2.06 bits per heavy atom. The summed E-state index contributed by atoms with van der Waals surface area (Å²) in [4.78, 5) is 10.2. The maximum atomic E-state index is 10.2. The van der Waals surface area contributed by atoms with Gasteiger partial charge in [-0.2, -0.15) is 0 Å². The third kappa shape index (κ3) is 4.98. The molecule has 0 fully saturated rings. The van der Waals surface area contributed by atoms with Gasteiger partial charge in [0.1, 0.15) is 11.9 Å². The molecule has 0 amide bonds. The van der Waals surface area contributed by atoms with E-state index in [1.54, 1.807) is 18.4 Å². The van der Waals surface area contributed by atoms with Crippen molar-refractivity contribution in [3.8, 4) is 0 Å². The number of rotatable bonds is 8. The third-order valence-corrected chi connectivity index (χ3v) is 2.49. The predicted octanol–water partition coefficient (Wildman–Crippen LogP) is 2.74. The average molecular weight is 226 g/mol. The number of hydrogen-bond donors (Lipinski definition) is 2. The van der Waals surface area contributed by atoms with Crippen molar-refractivity contribution in [2.75, 3.05) is 0 Å². The molecule has 2 N–H and O–H groups in total. The molecule has 0 saturated heterocycles. The van der Waals surface area contributed by atoms with E-state index in [9.17, 15) is 9.90 Å². The summed E-state index contributed by atoms with van der Waals surface area (Å²) in [6.07, 6.45) is 5.37. The second kappa shape index (κ2) is 7.06. The molecule has 1 heterocycles. The lowest BCUT2D eigenvalue weighted by Gasteiger charge is -2.06. The summed E-state index contributed by atoms with van der Waals surface area (Å²) >= 11 is 0. The van der Waals surface area contributed by atoms with Crippen molar-refractivity contribution in [3.05, 3.63) is 24.2 Å². The SMILES string of the molecule is O=C(O)CCCCCCC(O)c1ccco1. The van der Waals surface area contributed by atoms with Gasteiger partial charge in [0.15, 0.2) is 0 Å². The van der Waals surface area contributed by atoms with Gasteiger partial charge in [-0.1, -0.05) is 19.3 Å². The van der Waals surface area contributed by atoms with Gasteiger partial charge in [-0.15, -0.1) is 0 Å². The summed E-state index contributed by atoms with van der Waals surface area (Å²) in [5.74, 6) is -0.138. The number of hydrogen-bond acceptors (Lipinski definition) is 3. The number of aliphatic carboxylic acids is 1. The lowest BCUT2D eigenvalue weighted by molar-refractivity contribution is -0.137. The number of aliphatic hydroxyl groups is 1. The molecule has 1 aromatic rings. The molecule has 4 heteroatoms. The first-order chi connectivity index (χ1) is 7.70. The van der Waals surface area contributed by atoms with Gasteiger partial charge in [0.25, 0.3) is 0 Å². The minimum absolute atomic E-state index is 0.237. The number of carbonyl (C=O) groups is 1. The molecule has 0 saturated carbocycles. The van der Waals surface area contributed by atoms with Crippen LogP contribution in [0.5, 0.6) is 0 Å². The van der Waals surface area contributed by atoms with Crippen molar-refractivity contribution in [1.82, 2.24) is 0 Å². The van der Waals surface area contributed by atoms with Gasteiger partial charge in [0.2, 0.25) is 0 Å². The molecule has 0 aromatic carbocycles. The monoisotopic (exact) mass is 226 g/mol. The summed E-state index contributed by atoms with van der Waals surface area (Å²) in [5.41, 5.74) is 0. The van der Waals surface area contributed by atoms with Crippen molar-refractivity contribution >= 4 is 5.97 Å². The summed E-state index contributed by atoms with van der Waals surface area (Å²) in [6, 6.07) is 3.51. The summed E-state index contributed by atoms with van der Waals surface area (Å²) in [5, 5.41) is 18.1. The first kappa shape index (κ1) is 12.8. The molecule has 0 aliphatic carbocycles. The smallest absolute Gasteiger partial charge is 0.303 e. The van der Waals surface area contributed by atoms with E-state index in [4.69, 9.17) is 9.52 Å². The highest BCUT2D eigenvalue weighted by Gasteiger charge is 2.09. The van der Waals surface area contributed by atoms with Crippen LogP contribution in [0.4, 0.5) is 0 Å². The normalized spacial score (nSPS) is 12.6. The van der Waals surface area contributed by atoms with E-state index in [2.05, 4.69) is 0 Å². The Morgan fingerprint density at radius 1 is 1.31 bits per heavy atom. The molecule has 1 atom stereocenters. The zero-order valence-corrected chi connectivity index (χ0v) is 9.26. The van der Waals surface area contributed by atoms with Crippen LogP contribution in [0.1, 0.15) is 50.4 Å². The molecule has 0 radical (unpaired) electrons. The van der Waals surface area contributed by atoms with Crippen LogP contribution in [-0.2, 0) is 4.79 Å². The Bertz CT molecular complexity index is 292. The van der Waals surface area contributed by atoms with Gasteiger partial charge in [-0.25, -0.2) is 0 Å². The second-order valence-electron chi connectivity index (χ2n) is 3.88. The van der Waals surface area contributed by atoms with E-state index >= 15 is 0 Å². The molecule has 0 spiro atoms. The predicted molar refractivity (Wildman–Crippen MR) is 59.0 cm³/mol. The van der Waals surface area contributed by atoms with Gasteiger partial charge in [0.05, 0.1) is 6.26 Å². The van der Waals surface area contributed by atoms with Crippen molar-refractivity contribution in [2.45, 2.75) is 44.6 Å². The molecule has 16 heavy (non-hydrogen) atoms. The van der Waals surface area contributed by atoms with Crippen molar-refractivity contribution < 1.29 is 19.4 Å².